The van der Waals surface area contributed by atoms with Crippen molar-refractivity contribution in [2.24, 2.45) is 5.92 Å². The van der Waals surface area contributed by atoms with Crippen LogP contribution in [0.5, 0.6) is 0 Å². The molecule has 1 heterocycles. The van der Waals surface area contributed by atoms with Crippen molar-refractivity contribution in [3.05, 3.63) is 12.2 Å². The third-order valence-corrected chi connectivity index (χ3v) is 5.06. The van der Waals surface area contributed by atoms with Gasteiger partial charge in [-0.05, 0) is 32.6 Å². The first kappa shape index (κ1) is 19.0. The molecule has 24 heavy (non-hydrogen) atoms. The largest absolute Gasteiger partial charge is 0.463 e. The maximum Gasteiger partial charge on any atom is 0.336 e. The van der Waals surface area contributed by atoms with E-state index in [0.29, 0.717) is 0 Å². The van der Waals surface area contributed by atoms with Gasteiger partial charge in [0.2, 0.25) is 0 Å². The predicted octanol–water partition coefficient (Wildman–Crippen LogP) is 3.56. The lowest BCUT2D eigenvalue weighted by molar-refractivity contribution is -0.149. The molecule has 0 aromatic carbocycles. The molecule has 1 saturated carbocycles. The molecule has 3 atom stereocenters. The van der Waals surface area contributed by atoms with E-state index in [1.54, 1.807) is 6.92 Å². The van der Waals surface area contributed by atoms with Gasteiger partial charge in [0, 0.05) is 0 Å². The average molecular weight is 338 g/mol. The van der Waals surface area contributed by atoms with E-state index >= 15 is 0 Å². The van der Waals surface area contributed by atoms with Crippen LogP contribution in [0.25, 0.3) is 0 Å². The maximum absolute atomic E-state index is 12.2. The Labute approximate surface area is 144 Å². The molecule has 2 aliphatic rings. The molecule has 0 N–H and O–H groups in total. The normalized spacial score (nSPS) is 27.9. The van der Waals surface area contributed by atoms with Crippen molar-refractivity contribution in [1.82, 2.24) is 0 Å². The molecule has 5 nitrogen and oxygen atoms in total. The highest BCUT2D eigenvalue weighted by Crippen LogP contribution is 2.52. The number of carbonyl (C=O) groups excluding carboxylic acids is 2. The van der Waals surface area contributed by atoms with Crippen LogP contribution >= 0.6 is 0 Å². The molecule has 2 rings (SSSR count). The van der Waals surface area contributed by atoms with Gasteiger partial charge in [-0.3, -0.25) is 4.79 Å². The van der Waals surface area contributed by atoms with E-state index in [1.807, 2.05) is 0 Å². The van der Waals surface area contributed by atoms with E-state index < -0.39 is 5.97 Å². The van der Waals surface area contributed by atoms with E-state index in [0.717, 1.165) is 25.7 Å². The SMILES string of the molecule is C=C(COC(=O)C1CCC2(CCCCCC)OC2C1)C(=O)OCC. The monoisotopic (exact) mass is 338 g/mol. The van der Waals surface area contributed by atoms with E-state index in [2.05, 4.69) is 13.5 Å². The molecule has 1 saturated heterocycles. The van der Waals surface area contributed by atoms with Gasteiger partial charge in [-0.15, -0.1) is 0 Å². The average Bonchev–Trinajstić information content (AvgIpc) is 3.30. The summed E-state index contributed by atoms with van der Waals surface area (Å²) in [6, 6.07) is 0. The van der Waals surface area contributed by atoms with Gasteiger partial charge in [-0.1, -0.05) is 39.2 Å². The van der Waals surface area contributed by atoms with Gasteiger partial charge < -0.3 is 14.2 Å². The number of esters is 2. The van der Waals surface area contributed by atoms with Gasteiger partial charge in [-0.2, -0.15) is 0 Å². The van der Waals surface area contributed by atoms with Gasteiger partial charge in [0.15, 0.2) is 0 Å². The Morgan fingerprint density at radius 3 is 2.67 bits per heavy atom. The zero-order chi connectivity index (χ0) is 17.6. The quantitative estimate of drug-likeness (QED) is 0.264. The van der Waals surface area contributed by atoms with Crippen molar-refractivity contribution in [1.29, 1.82) is 0 Å². The van der Waals surface area contributed by atoms with Crippen molar-refractivity contribution >= 4 is 11.9 Å². The smallest absolute Gasteiger partial charge is 0.336 e. The highest BCUT2D eigenvalue weighted by atomic mass is 16.6. The van der Waals surface area contributed by atoms with Crippen LogP contribution in [0.2, 0.25) is 0 Å². The van der Waals surface area contributed by atoms with Crippen molar-refractivity contribution < 1.29 is 23.8 Å². The molecule has 5 heteroatoms. The Balaban J connectivity index is 1.68. The molecule has 3 unspecified atom stereocenters. The summed E-state index contributed by atoms with van der Waals surface area (Å²) in [5.41, 5.74) is 0.216. The molecular weight excluding hydrogens is 308 g/mol. The van der Waals surface area contributed by atoms with Gasteiger partial charge in [-0.25, -0.2) is 4.79 Å². The topological polar surface area (TPSA) is 65.1 Å². The van der Waals surface area contributed by atoms with Gasteiger partial charge in [0.1, 0.15) is 6.61 Å². The fourth-order valence-electron chi connectivity index (χ4n) is 3.51. The summed E-state index contributed by atoms with van der Waals surface area (Å²) in [4.78, 5) is 23.6. The first-order valence-electron chi connectivity index (χ1n) is 9.21. The minimum absolute atomic E-state index is 0.0407. The molecule has 0 aromatic heterocycles. The zero-order valence-electron chi connectivity index (χ0n) is 15.0. The Morgan fingerprint density at radius 2 is 2.00 bits per heavy atom. The van der Waals surface area contributed by atoms with Gasteiger partial charge >= 0.3 is 11.9 Å². The van der Waals surface area contributed by atoms with Crippen LogP contribution in [0.1, 0.15) is 65.2 Å². The van der Waals surface area contributed by atoms with Crippen LogP contribution in [-0.4, -0.2) is 36.9 Å². The Hall–Kier alpha value is -1.36. The molecule has 0 spiro atoms. The summed E-state index contributed by atoms with van der Waals surface area (Å²) in [7, 11) is 0. The molecule has 2 fully saturated rings. The first-order chi connectivity index (χ1) is 11.5. The van der Waals surface area contributed by atoms with E-state index in [9.17, 15) is 9.59 Å². The van der Waals surface area contributed by atoms with Crippen molar-refractivity contribution in [2.75, 3.05) is 13.2 Å². The highest BCUT2D eigenvalue weighted by Gasteiger charge is 2.59. The van der Waals surface area contributed by atoms with Crippen molar-refractivity contribution in [2.45, 2.75) is 76.9 Å². The van der Waals surface area contributed by atoms with Crippen LogP contribution in [0.3, 0.4) is 0 Å². The molecule has 0 amide bonds. The number of epoxide rings is 1. The summed E-state index contributed by atoms with van der Waals surface area (Å²) < 4.78 is 16.0. The number of carbonyl (C=O) groups is 2. The van der Waals surface area contributed by atoms with Crippen molar-refractivity contribution in [3.8, 4) is 0 Å². The van der Waals surface area contributed by atoms with Crippen LogP contribution in [0.4, 0.5) is 0 Å². The number of rotatable bonds is 10. The number of unbranched alkanes of at least 4 members (excludes halogenated alkanes) is 3. The molecular formula is C19H30O5. The molecule has 0 radical (unpaired) electrons. The van der Waals surface area contributed by atoms with Crippen LogP contribution in [0, 0.1) is 5.92 Å². The predicted molar refractivity (Wildman–Crippen MR) is 90.4 cm³/mol. The highest BCUT2D eigenvalue weighted by molar-refractivity contribution is 5.88. The summed E-state index contributed by atoms with van der Waals surface area (Å²) in [5.74, 6) is -0.891. The third-order valence-electron chi connectivity index (χ3n) is 5.06. The fourth-order valence-corrected chi connectivity index (χ4v) is 3.51. The molecule has 1 aliphatic heterocycles. The van der Waals surface area contributed by atoms with E-state index in [1.165, 1.54) is 25.7 Å². The first-order valence-corrected chi connectivity index (χ1v) is 9.21. The summed E-state index contributed by atoms with van der Waals surface area (Å²) >= 11 is 0. The minimum Gasteiger partial charge on any atom is -0.463 e. The van der Waals surface area contributed by atoms with Crippen molar-refractivity contribution in [3.63, 3.8) is 0 Å². The Bertz CT molecular complexity index is 472. The van der Waals surface area contributed by atoms with Crippen LogP contribution in [-0.2, 0) is 23.8 Å². The second kappa shape index (κ2) is 8.65. The van der Waals surface area contributed by atoms with Gasteiger partial charge in [0.25, 0.3) is 0 Å². The second-order valence-corrected chi connectivity index (χ2v) is 6.88. The van der Waals surface area contributed by atoms with Gasteiger partial charge in [0.05, 0.1) is 29.8 Å². The van der Waals surface area contributed by atoms with Crippen LogP contribution in [0.15, 0.2) is 12.2 Å². The number of hydrogen-bond donors (Lipinski definition) is 0. The van der Waals surface area contributed by atoms with E-state index in [4.69, 9.17) is 14.2 Å². The minimum atomic E-state index is -0.509. The standard InChI is InChI=1S/C19H30O5/c1-4-6-7-8-10-19-11-9-15(12-16(19)24-19)18(21)23-13-14(3)17(20)22-5-2/h15-16H,3-13H2,1-2H3. The Morgan fingerprint density at radius 1 is 1.21 bits per heavy atom. The summed E-state index contributed by atoms with van der Waals surface area (Å²) in [6.07, 6.45) is 8.77. The zero-order valence-corrected chi connectivity index (χ0v) is 15.0. The third kappa shape index (κ3) is 4.82. The molecule has 0 bridgehead atoms. The summed E-state index contributed by atoms with van der Waals surface area (Å²) in [6.45, 7) is 7.72. The molecule has 136 valence electrons. The second-order valence-electron chi connectivity index (χ2n) is 6.88. The lowest BCUT2D eigenvalue weighted by atomic mass is 9.79. The molecule has 0 aromatic rings. The van der Waals surface area contributed by atoms with Crippen LogP contribution < -0.4 is 0 Å². The maximum atomic E-state index is 12.2. The lowest BCUT2D eigenvalue weighted by Gasteiger charge is -2.23. The molecule has 1 aliphatic carbocycles. The number of ether oxygens (including phenoxy) is 3. The number of fused-ring (bicyclic) bond motifs is 1. The number of hydrogen-bond acceptors (Lipinski definition) is 5. The van der Waals surface area contributed by atoms with E-state index in [-0.39, 0.29) is 42.4 Å². The summed E-state index contributed by atoms with van der Waals surface area (Å²) in [5, 5.41) is 0. The Kier molecular flexibility index (Phi) is 6.84. The lowest BCUT2D eigenvalue weighted by Crippen LogP contribution is -2.30. The fraction of sp³-hybridized carbons (Fsp3) is 0.789.